The van der Waals surface area contributed by atoms with E-state index in [2.05, 4.69) is 36.0 Å². The molecule has 0 N–H and O–H groups in total. The van der Waals surface area contributed by atoms with Gasteiger partial charge in [-0.15, -0.1) is 0 Å². The van der Waals surface area contributed by atoms with Crippen LogP contribution in [0.2, 0.25) is 0 Å². The van der Waals surface area contributed by atoms with Crippen molar-refractivity contribution in [3.8, 4) is 0 Å². The van der Waals surface area contributed by atoms with Crippen molar-refractivity contribution in [2.75, 3.05) is 0 Å². The van der Waals surface area contributed by atoms with Crippen molar-refractivity contribution >= 4 is 6.72 Å². The maximum atomic E-state index is 4.14. The average molecular weight is 159 g/mol. The van der Waals surface area contributed by atoms with E-state index in [0.717, 1.165) is 0 Å². The summed E-state index contributed by atoms with van der Waals surface area (Å²) in [6, 6.07) is 8.92. The molecule has 12 heavy (non-hydrogen) atoms. The molecule has 1 unspecified atom stereocenters. The van der Waals surface area contributed by atoms with Crippen molar-refractivity contribution in [1.82, 2.24) is 0 Å². The molecule has 2 rings (SSSR count). The van der Waals surface area contributed by atoms with Crippen molar-refractivity contribution < 1.29 is 0 Å². The highest BCUT2D eigenvalue weighted by atomic mass is 14.7. The SMILES string of the molecule is C=NC1CCCc2ccccc21. The second-order valence-electron chi connectivity index (χ2n) is 3.29. The van der Waals surface area contributed by atoms with E-state index in [-0.39, 0.29) is 0 Å². The molecule has 0 heterocycles. The summed E-state index contributed by atoms with van der Waals surface area (Å²) in [6.07, 6.45) is 3.63. The van der Waals surface area contributed by atoms with Crippen molar-refractivity contribution in [1.29, 1.82) is 0 Å². The Bertz CT molecular complexity index is 291. The molecule has 0 aromatic heterocycles. The molecule has 1 heteroatoms. The third-order valence-electron chi connectivity index (χ3n) is 2.56. The first-order valence-electron chi connectivity index (χ1n) is 4.45. The zero-order chi connectivity index (χ0) is 8.39. The summed E-state index contributed by atoms with van der Waals surface area (Å²) in [4.78, 5) is 4.14. The maximum Gasteiger partial charge on any atom is 0.0744 e. The molecule has 0 radical (unpaired) electrons. The molecular formula is C11H13N. The van der Waals surface area contributed by atoms with Gasteiger partial charge in [-0.25, -0.2) is 0 Å². The third kappa shape index (κ3) is 1.15. The van der Waals surface area contributed by atoms with E-state index in [0.29, 0.717) is 6.04 Å². The average Bonchev–Trinajstić information content (AvgIpc) is 2.17. The van der Waals surface area contributed by atoms with E-state index in [9.17, 15) is 0 Å². The fraction of sp³-hybridized carbons (Fsp3) is 0.364. The maximum absolute atomic E-state index is 4.14. The van der Waals surface area contributed by atoms with Crippen LogP contribution >= 0.6 is 0 Å². The predicted octanol–water partition coefficient (Wildman–Crippen LogP) is 2.76. The Hall–Kier alpha value is -1.11. The van der Waals surface area contributed by atoms with Crippen molar-refractivity contribution in [3.05, 3.63) is 35.4 Å². The van der Waals surface area contributed by atoms with E-state index < -0.39 is 0 Å². The second kappa shape index (κ2) is 3.10. The molecule has 1 aliphatic rings. The molecule has 1 nitrogen and oxygen atoms in total. The van der Waals surface area contributed by atoms with Crippen LogP contribution in [0.15, 0.2) is 29.3 Å². The van der Waals surface area contributed by atoms with Gasteiger partial charge in [-0.05, 0) is 37.1 Å². The number of nitrogens with zero attached hydrogens (tertiary/aromatic N) is 1. The van der Waals surface area contributed by atoms with Crippen LogP contribution in [0.3, 0.4) is 0 Å². The lowest BCUT2D eigenvalue weighted by molar-refractivity contribution is 0.575. The fourth-order valence-corrected chi connectivity index (χ4v) is 1.92. The molecule has 0 aliphatic heterocycles. The molecule has 1 atom stereocenters. The van der Waals surface area contributed by atoms with Crippen LogP contribution < -0.4 is 0 Å². The summed E-state index contributed by atoms with van der Waals surface area (Å²) in [5.41, 5.74) is 2.85. The molecule has 0 spiro atoms. The van der Waals surface area contributed by atoms with Crippen LogP contribution in [-0.4, -0.2) is 6.72 Å². The highest BCUT2D eigenvalue weighted by Gasteiger charge is 2.17. The predicted molar refractivity (Wildman–Crippen MR) is 51.7 cm³/mol. The molecule has 0 bridgehead atoms. The highest BCUT2D eigenvalue weighted by Crippen LogP contribution is 2.31. The van der Waals surface area contributed by atoms with Gasteiger partial charge in [0.2, 0.25) is 0 Å². The molecular weight excluding hydrogens is 146 g/mol. The van der Waals surface area contributed by atoms with E-state index in [1.165, 1.54) is 30.4 Å². The second-order valence-corrected chi connectivity index (χ2v) is 3.29. The van der Waals surface area contributed by atoms with Crippen molar-refractivity contribution in [2.45, 2.75) is 25.3 Å². The molecule has 0 saturated heterocycles. The van der Waals surface area contributed by atoms with Gasteiger partial charge in [0.15, 0.2) is 0 Å². The van der Waals surface area contributed by atoms with Crippen LogP contribution in [0, 0.1) is 0 Å². The summed E-state index contributed by atoms with van der Waals surface area (Å²) >= 11 is 0. The molecule has 1 aromatic rings. The standard InChI is InChI=1S/C11H13N/c1-12-11-8-4-6-9-5-2-3-7-10(9)11/h2-3,5,7,11H,1,4,6,8H2. The first-order valence-corrected chi connectivity index (χ1v) is 4.45. The van der Waals surface area contributed by atoms with Gasteiger partial charge >= 0.3 is 0 Å². The number of hydrogen-bond donors (Lipinski definition) is 0. The van der Waals surface area contributed by atoms with Gasteiger partial charge in [0.25, 0.3) is 0 Å². The van der Waals surface area contributed by atoms with Gasteiger partial charge in [0, 0.05) is 0 Å². The van der Waals surface area contributed by atoms with Crippen LogP contribution in [0.4, 0.5) is 0 Å². The Morgan fingerprint density at radius 2 is 2.17 bits per heavy atom. The number of rotatable bonds is 1. The number of aliphatic imine (C=N–C) groups is 1. The summed E-state index contributed by atoms with van der Waals surface area (Å²) in [6.45, 7) is 3.63. The summed E-state index contributed by atoms with van der Waals surface area (Å²) < 4.78 is 0. The minimum absolute atomic E-state index is 0.356. The zero-order valence-electron chi connectivity index (χ0n) is 7.16. The van der Waals surface area contributed by atoms with Crippen LogP contribution in [-0.2, 0) is 6.42 Å². The first kappa shape index (κ1) is 7.53. The number of fused-ring (bicyclic) bond motifs is 1. The molecule has 0 amide bonds. The third-order valence-corrected chi connectivity index (χ3v) is 2.56. The van der Waals surface area contributed by atoms with Crippen molar-refractivity contribution in [3.63, 3.8) is 0 Å². The van der Waals surface area contributed by atoms with Gasteiger partial charge in [0.05, 0.1) is 6.04 Å². The smallest absolute Gasteiger partial charge is 0.0744 e. The molecule has 62 valence electrons. The summed E-state index contributed by atoms with van der Waals surface area (Å²) in [5.74, 6) is 0. The normalized spacial score (nSPS) is 21.5. The first-order chi connectivity index (χ1) is 5.92. The minimum atomic E-state index is 0.356. The van der Waals surface area contributed by atoms with Crippen molar-refractivity contribution in [2.24, 2.45) is 4.99 Å². The van der Waals surface area contributed by atoms with Crippen LogP contribution in [0.25, 0.3) is 0 Å². The van der Waals surface area contributed by atoms with Gasteiger partial charge in [-0.1, -0.05) is 24.3 Å². The Balaban J connectivity index is 2.43. The Kier molecular flexibility index (Phi) is 1.94. The largest absolute Gasteiger partial charge is 0.293 e. The molecule has 1 aromatic carbocycles. The van der Waals surface area contributed by atoms with Gasteiger partial charge < -0.3 is 0 Å². The van der Waals surface area contributed by atoms with Gasteiger partial charge in [-0.3, -0.25) is 4.99 Å². The highest BCUT2D eigenvalue weighted by molar-refractivity contribution is 5.35. The lowest BCUT2D eigenvalue weighted by atomic mass is 9.88. The van der Waals surface area contributed by atoms with E-state index >= 15 is 0 Å². The Morgan fingerprint density at radius 1 is 1.33 bits per heavy atom. The lowest BCUT2D eigenvalue weighted by Crippen LogP contribution is -2.06. The minimum Gasteiger partial charge on any atom is -0.293 e. The Morgan fingerprint density at radius 3 is 3.00 bits per heavy atom. The molecule has 1 aliphatic carbocycles. The molecule has 0 saturated carbocycles. The molecule has 0 fully saturated rings. The summed E-state index contributed by atoms with van der Waals surface area (Å²) in [7, 11) is 0. The van der Waals surface area contributed by atoms with Crippen LogP contribution in [0.5, 0.6) is 0 Å². The van der Waals surface area contributed by atoms with Gasteiger partial charge in [-0.2, -0.15) is 0 Å². The number of aryl methyl sites for hydroxylation is 1. The van der Waals surface area contributed by atoms with E-state index in [4.69, 9.17) is 0 Å². The van der Waals surface area contributed by atoms with E-state index in [1.54, 1.807) is 0 Å². The topological polar surface area (TPSA) is 12.4 Å². The zero-order valence-corrected chi connectivity index (χ0v) is 7.16. The Labute approximate surface area is 73.1 Å². The number of benzene rings is 1. The van der Waals surface area contributed by atoms with E-state index in [1.807, 2.05) is 0 Å². The summed E-state index contributed by atoms with van der Waals surface area (Å²) in [5, 5.41) is 0. The number of hydrogen-bond acceptors (Lipinski definition) is 1. The lowest BCUT2D eigenvalue weighted by Gasteiger charge is -2.21. The monoisotopic (exact) mass is 159 g/mol. The quantitative estimate of drug-likeness (QED) is 0.559. The van der Waals surface area contributed by atoms with Gasteiger partial charge in [0.1, 0.15) is 0 Å². The fourth-order valence-electron chi connectivity index (χ4n) is 1.92. The van der Waals surface area contributed by atoms with Crippen LogP contribution in [0.1, 0.15) is 30.0 Å².